The number of para-hydroxylation sites is 2. The highest BCUT2D eigenvalue weighted by molar-refractivity contribution is 6.09. The van der Waals surface area contributed by atoms with Crippen LogP contribution in [-0.2, 0) is 0 Å². The minimum atomic E-state index is 0.515. The van der Waals surface area contributed by atoms with Crippen LogP contribution in [0.25, 0.3) is 117 Å². The summed E-state index contributed by atoms with van der Waals surface area (Å²) in [7, 11) is 0. The van der Waals surface area contributed by atoms with Gasteiger partial charge in [-0.15, -0.1) is 0 Å². The van der Waals surface area contributed by atoms with Crippen LogP contribution in [0, 0.1) is 0 Å². The summed E-state index contributed by atoms with van der Waals surface area (Å²) in [6.45, 7) is 0. The first-order valence-corrected chi connectivity index (χ1v) is 20.6. The van der Waals surface area contributed by atoms with E-state index in [9.17, 15) is 0 Å². The number of furan rings is 1. The van der Waals surface area contributed by atoms with Crippen LogP contribution in [0.1, 0.15) is 0 Å². The van der Waals surface area contributed by atoms with Crippen LogP contribution in [0.2, 0.25) is 0 Å². The van der Waals surface area contributed by atoms with Gasteiger partial charge in [-0.3, -0.25) is 0 Å². The van der Waals surface area contributed by atoms with Gasteiger partial charge in [0.05, 0.1) is 27.8 Å². The Labute approximate surface area is 356 Å². The number of hydrogen-bond donors (Lipinski definition) is 0. The Kier molecular flexibility index (Phi) is 8.35. The van der Waals surface area contributed by atoms with Crippen LogP contribution in [0.15, 0.2) is 211 Å². The third kappa shape index (κ3) is 6.11. The van der Waals surface area contributed by atoms with E-state index < -0.39 is 0 Å². The highest BCUT2D eigenvalue weighted by atomic mass is 16.3. The number of nitrogens with zero attached hydrogens (tertiary/aromatic N) is 6. The molecule has 0 spiro atoms. The monoisotopic (exact) mass is 794 g/mol. The van der Waals surface area contributed by atoms with E-state index in [0.29, 0.717) is 34.2 Å². The highest BCUT2D eigenvalue weighted by Gasteiger charge is 2.21. The summed E-state index contributed by atoms with van der Waals surface area (Å²) in [5.74, 6) is 1.26. The number of hydrogen-bond acceptors (Lipinski definition) is 6. The molecule has 0 saturated heterocycles. The van der Waals surface area contributed by atoms with Crippen molar-refractivity contribution < 1.29 is 4.42 Å². The van der Waals surface area contributed by atoms with E-state index in [4.69, 9.17) is 29.3 Å². The maximum atomic E-state index is 6.49. The van der Waals surface area contributed by atoms with Crippen molar-refractivity contribution in [1.29, 1.82) is 0 Å². The fourth-order valence-electron chi connectivity index (χ4n) is 8.49. The molecule has 0 aliphatic heterocycles. The zero-order chi connectivity index (χ0) is 41.0. The molecule has 7 heteroatoms. The topological polar surface area (TPSA) is 82.5 Å². The molecule has 5 aromatic heterocycles. The molecule has 5 heterocycles. The molecule has 0 bridgehead atoms. The summed E-state index contributed by atoms with van der Waals surface area (Å²) in [5.41, 5.74) is 14.3. The first-order chi connectivity index (χ1) is 30.7. The van der Waals surface area contributed by atoms with Crippen LogP contribution in [-0.4, -0.2) is 29.5 Å². The smallest absolute Gasteiger partial charge is 0.229 e. The molecule has 62 heavy (non-hydrogen) atoms. The second kappa shape index (κ2) is 14.6. The van der Waals surface area contributed by atoms with Gasteiger partial charge in [0.2, 0.25) is 5.71 Å². The van der Waals surface area contributed by atoms with E-state index in [1.54, 1.807) is 0 Å². The molecule has 12 rings (SSSR count). The molecule has 0 atom stereocenters. The maximum Gasteiger partial charge on any atom is 0.229 e. The molecule has 0 saturated carbocycles. The molecule has 7 nitrogen and oxygen atoms in total. The van der Waals surface area contributed by atoms with Gasteiger partial charge in [-0.1, -0.05) is 164 Å². The highest BCUT2D eigenvalue weighted by Crippen LogP contribution is 2.38. The molecular formula is C55H34N6O. The molecule has 290 valence electrons. The molecule has 7 aromatic carbocycles. The van der Waals surface area contributed by atoms with E-state index in [1.807, 2.05) is 72.9 Å². The lowest BCUT2D eigenvalue weighted by atomic mass is 10.0. The van der Waals surface area contributed by atoms with Gasteiger partial charge < -0.3 is 8.98 Å². The van der Waals surface area contributed by atoms with E-state index in [1.165, 1.54) is 10.8 Å². The molecule has 0 aliphatic rings. The number of rotatable bonds is 7. The summed E-state index contributed by atoms with van der Waals surface area (Å²) in [6, 6.07) is 68.7. The Morgan fingerprint density at radius 3 is 1.58 bits per heavy atom. The van der Waals surface area contributed by atoms with Crippen molar-refractivity contribution in [3.63, 3.8) is 0 Å². The molecule has 0 N–H and O–H groups in total. The van der Waals surface area contributed by atoms with E-state index in [-0.39, 0.29) is 0 Å². The lowest BCUT2D eigenvalue weighted by Gasteiger charge is -2.12. The predicted molar refractivity (Wildman–Crippen MR) is 250 cm³/mol. The lowest BCUT2D eigenvalue weighted by Crippen LogP contribution is -1.98. The Balaban J connectivity index is 0.982. The first kappa shape index (κ1) is 35.4. The van der Waals surface area contributed by atoms with Crippen LogP contribution in [0.3, 0.4) is 0 Å². The van der Waals surface area contributed by atoms with Gasteiger partial charge >= 0.3 is 0 Å². The first-order valence-electron chi connectivity index (χ1n) is 20.6. The average Bonchev–Trinajstić information content (AvgIpc) is 3.90. The average molecular weight is 795 g/mol. The Hall–Kier alpha value is -8.55. The molecule has 12 aromatic rings. The van der Waals surface area contributed by atoms with Gasteiger partial charge in [0.1, 0.15) is 11.2 Å². The van der Waals surface area contributed by atoms with Crippen molar-refractivity contribution in [3.8, 4) is 73.4 Å². The summed E-state index contributed by atoms with van der Waals surface area (Å²) in [6.07, 6.45) is 1.85. The van der Waals surface area contributed by atoms with Crippen molar-refractivity contribution in [2.75, 3.05) is 0 Å². The normalized spacial score (nSPS) is 11.5. The molecule has 0 radical (unpaired) electrons. The number of pyridine rings is 1. The standard InChI is InChI=1S/C55H34N6O/c1-4-15-35(16-5-1)41-32-45-51-52(62-55(45)56-34-41)50(59-54(60-51)39-19-8-3-9-20-39)37-29-27-36(28-30-37)46-33-47(58-53(57-46)38-17-6-2-7-18-38)40-21-14-22-42(31-40)61-48-25-12-10-23-43(48)44-24-11-13-26-49(44)61/h1-34H. The largest absolute Gasteiger partial charge is 0.434 e. The summed E-state index contributed by atoms with van der Waals surface area (Å²) >= 11 is 0. The second-order valence-corrected chi connectivity index (χ2v) is 15.3. The van der Waals surface area contributed by atoms with Crippen molar-refractivity contribution in [2.24, 2.45) is 0 Å². The fourth-order valence-corrected chi connectivity index (χ4v) is 8.49. The van der Waals surface area contributed by atoms with E-state index in [2.05, 4.69) is 138 Å². The maximum absolute atomic E-state index is 6.49. The lowest BCUT2D eigenvalue weighted by molar-refractivity contribution is 0.653. The van der Waals surface area contributed by atoms with Gasteiger partial charge in [0.15, 0.2) is 17.2 Å². The summed E-state index contributed by atoms with van der Waals surface area (Å²) in [4.78, 5) is 25.3. The van der Waals surface area contributed by atoms with Crippen molar-refractivity contribution in [2.45, 2.75) is 0 Å². The molecule has 0 fully saturated rings. The van der Waals surface area contributed by atoms with Gasteiger partial charge in [0.25, 0.3) is 0 Å². The zero-order valence-electron chi connectivity index (χ0n) is 33.2. The minimum Gasteiger partial charge on any atom is -0.434 e. The Morgan fingerprint density at radius 1 is 0.371 bits per heavy atom. The van der Waals surface area contributed by atoms with Crippen LogP contribution in [0.4, 0.5) is 0 Å². The third-order valence-electron chi connectivity index (χ3n) is 11.5. The van der Waals surface area contributed by atoms with Crippen LogP contribution >= 0.6 is 0 Å². The third-order valence-corrected chi connectivity index (χ3v) is 11.5. The van der Waals surface area contributed by atoms with Gasteiger partial charge in [-0.05, 0) is 42.0 Å². The molecule has 0 aliphatic carbocycles. The summed E-state index contributed by atoms with van der Waals surface area (Å²) in [5, 5.41) is 3.28. The fraction of sp³-hybridized carbons (Fsp3) is 0. The van der Waals surface area contributed by atoms with Crippen LogP contribution < -0.4 is 0 Å². The van der Waals surface area contributed by atoms with Gasteiger partial charge in [-0.2, -0.15) is 0 Å². The van der Waals surface area contributed by atoms with Crippen molar-refractivity contribution in [3.05, 3.63) is 206 Å². The Bertz CT molecular complexity index is 3560. The molecule has 0 unspecified atom stereocenters. The van der Waals surface area contributed by atoms with E-state index in [0.717, 1.165) is 72.4 Å². The zero-order valence-corrected chi connectivity index (χ0v) is 33.2. The molecular weight excluding hydrogens is 761 g/mol. The number of fused-ring (bicyclic) bond motifs is 6. The minimum absolute atomic E-state index is 0.515. The second-order valence-electron chi connectivity index (χ2n) is 15.3. The number of aromatic nitrogens is 6. The van der Waals surface area contributed by atoms with E-state index >= 15 is 0 Å². The predicted octanol–water partition coefficient (Wildman–Crippen LogP) is 13.7. The summed E-state index contributed by atoms with van der Waals surface area (Å²) < 4.78 is 8.82. The van der Waals surface area contributed by atoms with Gasteiger partial charge in [0, 0.05) is 56.0 Å². The van der Waals surface area contributed by atoms with Crippen LogP contribution in [0.5, 0.6) is 0 Å². The van der Waals surface area contributed by atoms with Crippen molar-refractivity contribution in [1.82, 2.24) is 29.5 Å². The van der Waals surface area contributed by atoms with Crippen molar-refractivity contribution >= 4 is 44.0 Å². The quantitative estimate of drug-likeness (QED) is 0.160. The molecule has 0 amide bonds. The number of benzene rings is 7. The SMILES string of the molecule is c1ccc(-c2cnc3oc4c(-c5ccc(-c6cc(-c7cccc(-n8c9ccccc9c9ccccc98)c7)nc(-c7ccccc7)n6)cc5)nc(-c5ccccc5)nc4c3c2)cc1. The van der Waals surface area contributed by atoms with Gasteiger partial charge in [-0.25, -0.2) is 24.9 Å². The Morgan fingerprint density at radius 2 is 0.919 bits per heavy atom.